The van der Waals surface area contributed by atoms with E-state index in [2.05, 4.69) is 15.3 Å². The zero-order valence-electron chi connectivity index (χ0n) is 14.7. The molecular weight excluding hydrogens is 402 g/mol. The molecule has 3 aromatic rings. The second-order valence-electron chi connectivity index (χ2n) is 5.79. The molecule has 0 spiro atoms. The monoisotopic (exact) mass is 416 g/mol. The molecule has 0 saturated carbocycles. The number of ketones is 1. The van der Waals surface area contributed by atoms with Crippen molar-refractivity contribution in [3.63, 3.8) is 0 Å². The van der Waals surface area contributed by atoms with Gasteiger partial charge < -0.3 is 11.1 Å². The SMILES string of the molecule is Nc1nc(SCC(=O)c2ccccc2)[nH]c(=O)c1NC(=O)c1ccc(F)c(F)c1. The van der Waals surface area contributed by atoms with E-state index in [0.717, 1.165) is 23.9 Å². The normalized spacial score (nSPS) is 10.6. The van der Waals surface area contributed by atoms with Gasteiger partial charge in [-0.1, -0.05) is 42.1 Å². The second-order valence-corrected chi connectivity index (χ2v) is 6.76. The van der Waals surface area contributed by atoms with Crippen molar-refractivity contribution in [2.45, 2.75) is 5.16 Å². The first kappa shape index (κ1) is 20.2. The lowest BCUT2D eigenvalue weighted by Crippen LogP contribution is -2.23. The van der Waals surface area contributed by atoms with E-state index in [0.29, 0.717) is 11.6 Å². The number of benzene rings is 2. The van der Waals surface area contributed by atoms with Gasteiger partial charge in [0.2, 0.25) is 0 Å². The van der Waals surface area contributed by atoms with Gasteiger partial charge in [-0.2, -0.15) is 0 Å². The standard InChI is InChI=1S/C19H14F2N4O3S/c20-12-7-6-11(8-13(12)21)17(27)23-15-16(22)24-19(25-18(15)28)29-9-14(26)10-4-2-1-3-5-10/h1-8H,9H2,(H,23,27)(H3,22,24,25,28). The number of carbonyl (C=O) groups is 2. The highest BCUT2D eigenvalue weighted by Gasteiger charge is 2.16. The summed E-state index contributed by atoms with van der Waals surface area (Å²) in [6, 6.07) is 11.2. The van der Waals surface area contributed by atoms with Gasteiger partial charge in [-0.3, -0.25) is 19.4 Å². The Morgan fingerprint density at radius 3 is 2.45 bits per heavy atom. The summed E-state index contributed by atoms with van der Waals surface area (Å²) < 4.78 is 26.3. The number of nitrogens with two attached hydrogens (primary N) is 1. The van der Waals surface area contributed by atoms with Gasteiger partial charge in [-0.05, 0) is 18.2 Å². The van der Waals surface area contributed by atoms with E-state index in [-0.39, 0.29) is 33.8 Å². The second kappa shape index (κ2) is 8.65. The largest absolute Gasteiger partial charge is 0.382 e. The number of rotatable bonds is 6. The van der Waals surface area contributed by atoms with E-state index < -0.39 is 23.1 Å². The van der Waals surface area contributed by atoms with Crippen LogP contribution in [-0.4, -0.2) is 27.4 Å². The number of nitrogens with one attached hydrogen (secondary N) is 2. The van der Waals surface area contributed by atoms with Gasteiger partial charge in [0.25, 0.3) is 11.5 Å². The fraction of sp³-hybridized carbons (Fsp3) is 0.0526. The van der Waals surface area contributed by atoms with Gasteiger partial charge >= 0.3 is 0 Å². The van der Waals surface area contributed by atoms with E-state index in [1.54, 1.807) is 30.3 Å². The number of halogens is 2. The number of thioether (sulfide) groups is 1. The number of anilines is 2. The summed E-state index contributed by atoms with van der Waals surface area (Å²) in [5.74, 6) is -3.58. The number of aromatic nitrogens is 2. The Morgan fingerprint density at radius 2 is 1.79 bits per heavy atom. The number of H-pyrrole nitrogens is 1. The fourth-order valence-electron chi connectivity index (χ4n) is 2.32. The lowest BCUT2D eigenvalue weighted by atomic mass is 10.2. The van der Waals surface area contributed by atoms with E-state index in [9.17, 15) is 23.2 Å². The Morgan fingerprint density at radius 1 is 1.07 bits per heavy atom. The molecule has 3 rings (SSSR count). The maximum absolute atomic E-state index is 13.3. The van der Waals surface area contributed by atoms with Crippen molar-refractivity contribution in [2.24, 2.45) is 0 Å². The first-order valence-electron chi connectivity index (χ1n) is 8.22. The highest BCUT2D eigenvalue weighted by Crippen LogP contribution is 2.19. The van der Waals surface area contributed by atoms with E-state index in [4.69, 9.17) is 5.73 Å². The topological polar surface area (TPSA) is 118 Å². The van der Waals surface area contributed by atoms with Crippen LogP contribution in [0.1, 0.15) is 20.7 Å². The summed E-state index contributed by atoms with van der Waals surface area (Å²) in [6.07, 6.45) is 0. The van der Waals surface area contributed by atoms with Crippen LogP contribution in [0.3, 0.4) is 0 Å². The molecule has 2 aromatic carbocycles. The van der Waals surface area contributed by atoms with Crippen LogP contribution in [0.2, 0.25) is 0 Å². The first-order chi connectivity index (χ1) is 13.8. The molecule has 0 unspecified atom stereocenters. The third kappa shape index (κ3) is 4.85. The minimum absolute atomic E-state index is 0.0208. The number of Topliss-reactive ketones (excluding diaryl/α,β-unsaturated/α-hetero) is 1. The van der Waals surface area contributed by atoms with Crippen LogP contribution in [0.5, 0.6) is 0 Å². The van der Waals surface area contributed by atoms with Crippen molar-refractivity contribution in [3.05, 3.63) is 81.6 Å². The third-order valence-corrected chi connectivity index (χ3v) is 4.66. The molecule has 10 heteroatoms. The van der Waals surface area contributed by atoms with E-state index in [1.807, 2.05) is 0 Å². The molecule has 0 aliphatic heterocycles. The minimum atomic E-state index is -1.20. The van der Waals surface area contributed by atoms with Gasteiger partial charge in [-0.25, -0.2) is 13.8 Å². The number of nitrogens with zero attached hydrogens (tertiary/aromatic N) is 1. The molecule has 0 atom stereocenters. The average molecular weight is 416 g/mol. The molecule has 0 aliphatic rings. The Hall–Kier alpha value is -3.53. The van der Waals surface area contributed by atoms with Gasteiger partial charge in [0.1, 0.15) is 5.69 Å². The Balaban J connectivity index is 1.72. The van der Waals surface area contributed by atoms with Crippen LogP contribution >= 0.6 is 11.8 Å². The summed E-state index contributed by atoms with van der Waals surface area (Å²) in [7, 11) is 0. The van der Waals surface area contributed by atoms with Crippen LogP contribution in [0.15, 0.2) is 58.5 Å². The van der Waals surface area contributed by atoms with Crippen LogP contribution in [0, 0.1) is 11.6 Å². The minimum Gasteiger partial charge on any atom is -0.382 e. The molecule has 0 fully saturated rings. The fourth-order valence-corrected chi connectivity index (χ4v) is 3.08. The van der Waals surface area contributed by atoms with Crippen LogP contribution < -0.4 is 16.6 Å². The molecule has 0 bridgehead atoms. The van der Waals surface area contributed by atoms with E-state index in [1.165, 1.54) is 0 Å². The van der Waals surface area contributed by atoms with E-state index >= 15 is 0 Å². The predicted octanol–water partition coefficient (Wildman–Crippen LogP) is 2.86. The lowest BCUT2D eigenvalue weighted by molar-refractivity contribution is 0.101. The maximum atomic E-state index is 13.3. The maximum Gasteiger partial charge on any atom is 0.277 e. The quantitative estimate of drug-likeness (QED) is 0.323. The summed E-state index contributed by atoms with van der Waals surface area (Å²) in [5.41, 5.74) is 4.98. The van der Waals surface area contributed by atoms with Gasteiger partial charge in [0.05, 0.1) is 5.75 Å². The molecule has 0 radical (unpaired) electrons. The zero-order chi connectivity index (χ0) is 21.0. The summed E-state index contributed by atoms with van der Waals surface area (Å²) >= 11 is 0.979. The molecular formula is C19H14F2N4O3S. The number of hydrogen-bond acceptors (Lipinski definition) is 6. The molecule has 29 heavy (non-hydrogen) atoms. The molecule has 4 N–H and O–H groups in total. The van der Waals surface area contributed by atoms with Crippen molar-refractivity contribution in [2.75, 3.05) is 16.8 Å². The van der Waals surface area contributed by atoms with Crippen LogP contribution in [0.25, 0.3) is 0 Å². The molecule has 148 valence electrons. The number of carbonyl (C=O) groups excluding carboxylic acids is 2. The Labute approximate surface area is 167 Å². The third-order valence-electron chi connectivity index (χ3n) is 3.78. The van der Waals surface area contributed by atoms with Crippen molar-refractivity contribution >= 4 is 35.0 Å². The first-order valence-corrected chi connectivity index (χ1v) is 9.21. The molecule has 1 aromatic heterocycles. The summed E-state index contributed by atoms with van der Waals surface area (Å²) in [5, 5.41) is 2.32. The van der Waals surface area contributed by atoms with Gasteiger partial charge in [0.15, 0.2) is 28.4 Å². The number of nitrogen functional groups attached to an aromatic ring is 1. The van der Waals surface area contributed by atoms with Crippen molar-refractivity contribution in [1.82, 2.24) is 9.97 Å². The highest BCUT2D eigenvalue weighted by molar-refractivity contribution is 7.99. The summed E-state index contributed by atoms with van der Waals surface area (Å²) in [6.45, 7) is 0. The lowest BCUT2D eigenvalue weighted by Gasteiger charge is -2.08. The molecule has 0 aliphatic carbocycles. The number of amides is 1. The predicted molar refractivity (Wildman–Crippen MR) is 105 cm³/mol. The van der Waals surface area contributed by atoms with Crippen molar-refractivity contribution in [3.8, 4) is 0 Å². The van der Waals surface area contributed by atoms with Crippen molar-refractivity contribution < 1.29 is 18.4 Å². The molecule has 0 saturated heterocycles. The molecule has 1 heterocycles. The zero-order valence-corrected chi connectivity index (χ0v) is 15.6. The summed E-state index contributed by atoms with van der Waals surface area (Å²) in [4.78, 5) is 42.9. The highest BCUT2D eigenvalue weighted by atomic mass is 32.2. The van der Waals surface area contributed by atoms with Crippen molar-refractivity contribution in [1.29, 1.82) is 0 Å². The molecule has 7 nitrogen and oxygen atoms in total. The Kier molecular flexibility index (Phi) is 6.03. The average Bonchev–Trinajstić information content (AvgIpc) is 2.71. The smallest absolute Gasteiger partial charge is 0.277 e. The van der Waals surface area contributed by atoms with Crippen LogP contribution in [-0.2, 0) is 0 Å². The van der Waals surface area contributed by atoms with Crippen LogP contribution in [0.4, 0.5) is 20.3 Å². The van der Waals surface area contributed by atoms with Gasteiger partial charge in [-0.15, -0.1) is 0 Å². The number of hydrogen-bond donors (Lipinski definition) is 3. The molecule has 1 amide bonds. The van der Waals surface area contributed by atoms with Gasteiger partial charge in [0, 0.05) is 11.1 Å². The number of aromatic amines is 1. The Bertz CT molecular complexity index is 1140.